The summed E-state index contributed by atoms with van der Waals surface area (Å²) in [4.78, 5) is 14.5. The summed E-state index contributed by atoms with van der Waals surface area (Å²) in [5.74, 6) is -0.168. The second-order valence-electron chi connectivity index (χ2n) is 4.09. The molecular weight excluding hydrogens is 204 g/mol. The van der Waals surface area contributed by atoms with Crippen molar-refractivity contribution >= 4 is 5.91 Å². The topological polar surface area (TPSA) is 77.9 Å². The van der Waals surface area contributed by atoms with E-state index in [0.717, 1.165) is 0 Å². The van der Waals surface area contributed by atoms with Crippen LogP contribution in [0.3, 0.4) is 0 Å². The summed E-state index contributed by atoms with van der Waals surface area (Å²) in [6.07, 6.45) is 0. The number of hydrogen-bond acceptors (Lipinski definition) is 2. The zero-order valence-corrected chi connectivity index (χ0v) is 9.34. The molecule has 1 N–H and O–H groups in total. The van der Waals surface area contributed by atoms with Crippen molar-refractivity contribution in [2.24, 2.45) is 5.11 Å². The van der Waals surface area contributed by atoms with E-state index in [1.54, 1.807) is 24.3 Å². The Hall–Kier alpha value is -2.00. The number of azide groups is 1. The van der Waals surface area contributed by atoms with Crippen LogP contribution in [0.5, 0.6) is 0 Å². The number of carbonyl (C=O) groups is 1. The number of nitrogens with one attached hydrogen (secondary N) is 1. The number of amides is 1. The van der Waals surface area contributed by atoms with Crippen LogP contribution in [-0.2, 0) is 0 Å². The van der Waals surface area contributed by atoms with Crippen molar-refractivity contribution in [3.63, 3.8) is 0 Å². The zero-order valence-electron chi connectivity index (χ0n) is 9.34. The molecule has 0 atom stereocenters. The van der Waals surface area contributed by atoms with Gasteiger partial charge in [0.15, 0.2) is 0 Å². The Kier molecular flexibility index (Phi) is 3.91. The predicted octanol–water partition coefficient (Wildman–Crippen LogP) is 2.51. The van der Waals surface area contributed by atoms with E-state index in [9.17, 15) is 4.79 Å². The quantitative estimate of drug-likeness (QED) is 0.470. The Morgan fingerprint density at radius 1 is 1.44 bits per heavy atom. The first-order valence-corrected chi connectivity index (χ1v) is 4.93. The van der Waals surface area contributed by atoms with Crippen LogP contribution < -0.4 is 5.32 Å². The molecule has 0 bridgehead atoms. The van der Waals surface area contributed by atoms with E-state index in [1.807, 2.05) is 19.9 Å². The Balaban J connectivity index is 2.67. The fraction of sp³-hybridized carbons (Fsp3) is 0.364. The van der Waals surface area contributed by atoms with Gasteiger partial charge in [0.1, 0.15) is 0 Å². The zero-order chi connectivity index (χ0) is 12.0. The minimum Gasteiger partial charge on any atom is -0.347 e. The summed E-state index contributed by atoms with van der Waals surface area (Å²) in [6.45, 7) is 3.84. The minimum atomic E-state index is -0.543. The third kappa shape index (κ3) is 3.63. The van der Waals surface area contributed by atoms with Crippen molar-refractivity contribution in [2.75, 3.05) is 6.54 Å². The lowest BCUT2D eigenvalue weighted by Crippen LogP contribution is -2.45. The largest absolute Gasteiger partial charge is 0.347 e. The van der Waals surface area contributed by atoms with Gasteiger partial charge in [0.25, 0.3) is 5.91 Å². The van der Waals surface area contributed by atoms with Crippen molar-refractivity contribution < 1.29 is 4.79 Å². The number of carbonyl (C=O) groups excluding carboxylic acids is 1. The van der Waals surface area contributed by atoms with Gasteiger partial charge < -0.3 is 5.32 Å². The highest BCUT2D eigenvalue weighted by Gasteiger charge is 2.19. The first-order chi connectivity index (χ1) is 7.55. The first-order valence-electron chi connectivity index (χ1n) is 4.93. The van der Waals surface area contributed by atoms with Gasteiger partial charge in [0.2, 0.25) is 0 Å². The lowest BCUT2D eigenvalue weighted by Gasteiger charge is -2.24. The summed E-state index contributed by atoms with van der Waals surface area (Å²) in [7, 11) is 0. The highest BCUT2D eigenvalue weighted by atomic mass is 16.1. The summed E-state index contributed by atoms with van der Waals surface area (Å²) in [6, 6.07) is 8.92. The van der Waals surface area contributed by atoms with Crippen molar-refractivity contribution in [1.29, 1.82) is 0 Å². The molecule has 0 fully saturated rings. The molecule has 0 aliphatic heterocycles. The molecule has 0 aliphatic rings. The Bertz CT molecular complexity index is 407. The monoisotopic (exact) mass is 218 g/mol. The minimum absolute atomic E-state index is 0.168. The normalized spacial score (nSPS) is 10.4. The molecule has 1 aromatic carbocycles. The molecule has 0 unspecified atom stereocenters. The maximum absolute atomic E-state index is 11.8. The Morgan fingerprint density at radius 3 is 2.62 bits per heavy atom. The Morgan fingerprint density at radius 2 is 2.06 bits per heavy atom. The van der Waals surface area contributed by atoms with Gasteiger partial charge in [-0.1, -0.05) is 23.3 Å². The molecule has 5 heteroatoms. The van der Waals surface area contributed by atoms with Crippen molar-refractivity contribution in [2.45, 2.75) is 19.4 Å². The maximum atomic E-state index is 11.8. The number of rotatable bonds is 4. The molecule has 0 radical (unpaired) electrons. The van der Waals surface area contributed by atoms with Crippen LogP contribution in [0.15, 0.2) is 35.4 Å². The van der Waals surface area contributed by atoms with Crippen molar-refractivity contribution in [3.05, 3.63) is 46.3 Å². The second-order valence-corrected chi connectivity index (χ2v) is 4.09. The highest BCUT2D eigenvalue weighted by molar-refractivity contribution is 5.94. The van der Waals surface area contributed by atoms with E-state index in [0.29, 0.717) is 5.56 Å². The van der Waals surface area contributed by atoms with Gasteiger partial charge in [0.05, 0.1) is 0 Å². The van der Waals surface area contributed by atoms with E-state index < -0.39 is 5.54 Å². The molecule has 5 nitrogen and oxygen atoms in total. The average Bonchev–Trinajstić information content (AvgIpc) is 2.27. The number of hydrogen-bond donors (Lipinski definition) is 1. The summed E-state index contributed by atoms with van der Waals surface area (Å²) in [5.41, 5.74) is 8.28. The van der Waals surface area contributed by atoms with Crippen LogP contribution in [0.2, 0.25) is 0 Å². The molecule has 84 valence electrons. The van der Waals surface area contributed by atoms with Gasteiger partial charge in [-0.25, -0.2) is 0 Å². The van der Waals surface area contributed by atoms with Crippen molar-refractivity contribution in [1.82, 2.24) is 5.32 Å². The smallest absolute Gasteiger partial charge is 0.251 e. The fourth-order valence-corrected chi connectivity index (χ4v) is 1.22. The van der Waals surface area contributed by atoms with Gasteiger partial charge in [-0.15, -0.1) is 0 Å². The molecule has 0 spiro atoms. The summed E-state index contributed by atoms with van der Waals surface area (Å²) in [5, 5.41) is 6.26. The number of nitrogens with zero attached hydrogens (tertiary/aromatic N) is 3. The average molecular weight is 218 g/mol. The van der Waals surface area contributed by atoms with E-state index in [1.165, 1.54) is 0 Å². The van der Waals surface area contributed by atoms with Gasteiger partial charge >= 0.3 is 0 Å². The van der Waals surface area contributed by atoms with Crippen LogP contribution in [0.4, 0.5) is 0 Å². The number of benzene rings is 1. The molecule has 0 aromatic heterocycles. The van der Waals surface area contributed by atoms with Crippen LogP contribution in [-0.4, -0.2) is 18.0 Å². The lowest BCUT2D eigenvalue weighted by molar-refractivity contribution is 0.0916. The highest BCUT2D eigenvalue weighted by Crippen LogP contribution is 2.06. The molecule has 0 aliphatic carbocycles. The van der Waals surface area contributed by atoms with Crippen LogP contribution in [0, 0.1) is 0 Å². The standard InChI is InChI=1S/C11H14N4O/c1-11(2,8-13-15-12)14-10(16)9-6-4-3-5-7-9/h3-7H,8H2,1-2H3,(H,14,16). The van der Waals surface area contributed by atoms with Gasteiger partial charge in [-0.2, -0.15) is 0 Å². The fourth-order valence-electron chi connectivity index (χ4n) is 1.22. The van der Waals surface area contributed by atoms with Crippen LogP contribution in [0.25, 0.3) is 10.4 Å². The molecular formula is C11H14N4O. The van der Waals surface area contributed by atoms with E-state index in [2.05, 4.69) is 15.3 Å². The van der Waals surface area contributed by atoms with Crippen LogP contribution >= 0.6 is 0 Å². The van der Waals surface area contributed by atoms with Gasteiger partial charge in [0, 0.05) is 22.6 Å². The molecule has 1 aromatic rings. The van der Waals surface area contributed by atoms with E-state index in [4.69, 9.17) is 5.53 Å². The van der Waals surface area contributed by atoms with E-state index in [-0.39, 0.29) is 12.5 Å². The maximum Gasteiger partial charge on any atom is 0.251 e. The lowest BCUT2D eigenvalue weighted by atomic mass is 10.1. The van der Waals surface area contributed by atoms with Gasteiger partial charge in [-0.3, -0.25) is 4.79 Å². The molecule has 16 heavy (non-hydrogen) atoms. The molecule has 0 heterocycles. The van der Waals surface area contributed by atoms with Gasteiger partial charge in [-0.05, 0) is 31.5 Å². The first kappa shape index (κ1) is 12.1. The third-order valence-electron chi connectivity index (χ3n) is 2.02. The molecule has 0 saturated heterocycles. The predicted molar refractivity (Wildman–Crippen MR) is 62.0 cm³/mol. The van der Waals surface area contributed by atoms with Crippen molar-refractivity contribution in [3.8, 4) is 0 Å². The molecule has 1 rings (SSSR count). The summed E-state index contributed by atoms with van der Waals surface area (Å²) < 4.78 is 0. The second kappa shape index (κ2) is 5.19. The molecule has 1 amide bonds. The molecule has 0 saturated carbocycles. The Labute approximate surface area is 94.1 Å². The summed E-state index contributed by atoms with van der Waals surface area (Å²) >= 11 is 0. The van der Waals surface area contributed by atoms with E-state index >= 15 is 0 Å². The van der Waals surface area contributed by atoms with Crippen LogP contribution in [0.1, 0.15) is 24.2 Å². The third-order valence-corrected chi connectivity index (χ3v) is 2.02. The SMILES string of the molecule is CC(C)(CN=[N+]=[N-])NC(=O)c1ccccc1.